The molecule has 0 saturated carbocycles. The monoisotopic (exact) mass is 223 g/mol. The highest BCUT2D eigenvalue weighted by atomic mass is 16.5. The van der Waals surface area contributed by atoms with Crippen molar-refractivity contribution < 1.29 is 4.52 Å². The molecule has 0 aliphatic carbocycles. The molecule has 1 aromatic heterocycles. The van der Waals surface area contributed by atoms with E-state index in [1.165, 1.54) is 44.9 Å². The minimum atomic E-state index is 0.586. The highest BCUT2D eigenvalue weighted by Crippen LogP contribution is 2.27. The lowest BCUT2D eigenvalue weighted by Gasteiger charge is -2.12. The fourth-order valence-corrected chi connectivity index (χ4v) is 2.17. The summed E-state index contributed by atoms with van der Waals surface area (Å²) >= 11 is 0. The van der Waals surface area contributed by atoms with E-state index in [0.717, 1.165) is 11.5 Å². The molecule has 2 nitrogen and oxygen atoms in total. The molecule has 0 radical (unpaired) electrons. The van der Waals surface area contributed by atoms with Crippen LogP contribution < -0.4 is 0 Å². The number of aromatic nitrogens is 1. The summed E-state index contributed by atoms with van der Waals surface area (Å²) in [5.41, 5.74) is 1.00. The van der Waals surface area contributed by atoms with Crippen molar-refractivity contribution in [3.8, 4) is 0 Å². The normalized spacial score (nSPS) is 12.9. The van der Waals surface area contributed by atoms with Crippen molar-refractivity contribution in [2.75, 3.05) is 0 Å². The molecule has 2 heteroatoms. The maximum Gasteiger partial charge on any atom is 0.140 e. The summed E-state index contributed by atoms with van der Waals surface area (Å²) in [5, 5.41) is 3.99. The van der Waals surface area contributed by atoms with Crippen molar-refractivity contribution in [3.05, 3.63) is 17.5 Å². The maximum atomic E-state index is 5.39. The zero-order valence-electron chi connectivity index (χ0n) is 11.0. The lowest BCUT2D eigenvalue weighted by Crippen LogP contribution is -1.97. The lowest BCUT2D eigenvalue weighted by atomic mass is 9.94. The second kappa shape index (κ2) is 7.48. The summed E-state index contributed by atoms with van der Waals surface area (Å²) in [6.45, 7) is 6.48. The number of unbranched alkanes of at least 4 members (excludes halogenated alkanes) is 3. The van der Waals surface area contributed by atoms with Crippen LogP contribution >= 0.6 is 0 Å². The standard InChI is InChI=1S/C14H25NO/c1-4-6-7-8-10-13(9-5-2)14-11-12(3)15-16-14/h11,13H,4-10H2,1-3H3. The van der Waals surface area contributed by atoms with Crippen LogP contribution in [0.3, 0.4) is 0 Å². The summed E-state index contributed by atoms with van der Waals surface area (Å²) in [6, 6.07) is 2.10. The third-order valence-corrected chi connectivity index (χ3v) is 3.09. The van der Waals surface area contributed by atoms with Gasteiger partial charge in [-0.3, -0.25) is 0 Å². The molecule has 16 heavy (non-hydrogen) atoms. The van der Waals surface area contributed by atoms with Crippen molar-refractivity contribution in [3.63, 3.8) is 0 Å². The summed E-state index contributed by atoms with van der Waals surface area (Å²) in [4.78, 5) is 0. The van der Waals surface area contributed by atoms with Gasteiger partial charge in [0.25, 0.3) is 0 Å². The van der Waals surface area contributed by atoms with Crippen LogP contribution in [0.25, 0.3) is 0 Å². The molecule has 0 aromatic carbocycles. The van der Waals surface area contributed by atoms with Crippen molar-refractivity contribution in [1.29, 1.82) is 0 Å². The molecule has 1 atom stereocenters. The zero-order valence-corrected chi connectivity index (χ0v) is 11.0. The van der Waals surface area contributed by atoms with E-state index in [1.807, 2.05) is 6.92 Å². The summed E-state index contributed by atoms with van der Waals surface area (Å²) in [5.74, 6) is 1.68. The summed E-state index contributed by atoms with van der Waals surface area (Å²) in [6.07, 6.45) is 9.03. The second-order valence-corrected chi connectivity index (χ2v) is 4.71. The van der Waals surface area contributed by atoms with E-state index in [0.29, 0.717) is 5.92 Å². The van der Waals surface area contributed by atoms with Gasteiger partial charge in [-0.05, 0) is 19.8 Å². The molecule has 0 aliphatic rings. The number of hydrogen-bond donors (Lipinski definition) is 0. The Morgan fingerprint density at radius 1 is 1.12 bits per heavy atom. The van der Waals surface area contributed by atoms with Crippen LogP contribution in [0, 0.1) is 6.92 Å². The van der Waals surface area contributed by atoms with Gasteiger partial charge in [0.2, 0.25) is 0 Å². The predicted molar refractivity (Wildman–Crippen MR) is 67.6 cm³/mol. The van der Waals surface area contributed by atoms with Gasteiger partial charge in [0, 0.05) is 12.0 Å². The predicted octanol–water partition coefficient (Wildman–Crippen LogP) is 4.84. The lowest BCUT2D eigenvalue weighted by molar-refractivity contribution is 0.338. The van der Waals surface area contributed by atoms with E-state index < -0.39 is 0 Å². The van der Waals surface area contributed by atoms with Gasteiger partial charge in [0.05, 0.1) is 5.69 Å². The first-order valence-electron chi connectivity index (χ1n) is 6.71. The van der Waals surface area contributed by atoms with Crippen LogP contribution in [-0.4, -0.2) is 5.16 Å². The molecule has 0 fully saturated rings. The number of nitrogens with zero attached hydrogens (tertiary/aromatic N) is 1. The topological polar surface area (TPSA) is 26.0 Å². The Morgan fingerprint density at radius 3 is 2.50 bits per heavy atom. The van der Waals surface area contributed by atoms with Gasteiger partial charge >= 0.3 is 0 Å². The quantitative estimate of drug-likeness (QED) is 0.589. The highest BCUT2D eigenvalue weighted by molar-refractivity contribution is 5.08. The van der Waals surface area contributed by atoms with Crippen LogP contribution in [0.1, 0.15) is 76.2 Å². The molecule has 0 saturated heterocycles. The first-order valence-corrected chi connectivity index (χ1v) is 6.71. The SMILES string of the molecule is CCCCCCC(CCC)c1cc(C)no1. The average molecular weight is 223 g/mol. The Labute approximate surface area is 99.4 Å². The summed E-state index contributed by atoms with van der Waals surface area (Å²) in [7, 11) is 0. The molecule has 0 amide bonds. The van der Waals surface area contributed by atoms with Gasteiger partial charge in [-0.2, -0.15) is 0 Å². The third kappa shape index (κ3) is 4.38. The molecule has 1 aromatic rings. The average Bonchev–Trinajstić information content (AvgIpc) is 2.69. The summed E-state index contributed by atoms with van der Waals surface area (Å²) < 4.78 is 5.39. The molecule has 0 N–H and O–H groups in total. The van der Waals surface area contributed by atoms with Gasteiger partial charge in [-0.15, -0.1) is 0 Å². The Morgan fingerprint density at radius 2 is 1.94 bits per heavy atom. The Hall–Kier alpha value is -0.790. The third-order valence-electron chi connectivity index (χ3n) is 3.09. The Bertz CT molecular complexity index is 280. The number of rotatable bonds is 8. The Kier molecular flexibility index (Phi) is 6.20. The minimum Gasteiger partial charge on any atom is -0.361 e. The van der Waals surface area contributed by atoms with Crippen LogP contribution in [-0.2, 0) is 0 Å². The molecule has 0 spiro atoms. The van der Waals surface area contributed by atoms with Gasteiger partial charge in [-0.1, -0.05) is 51.1 Å². The smallest absolute Gasteiger partial charge is 0.140 e. The molecule has 1 unspecified atom stereocenters. The first kappa shape index (κ1) is 13.3. The number of hydrogen-bond acceptors (Lipinski definition) is 2. The minimum absolute atomic E-state index is 0.586. The molecular formula is C14H25NO. The van der Waals surface area contributed by atoms with Crippen molar-refractivity contribution >= 4 is 0 Å². The molecule has 0 aliphatic heterocycles. The van der Waals surface area contributed by atoms with Crippen molar-refractivity contribution in [1.82, 2.24) is 5.16 Å². The van der Waals surface area contributed by atoms with Crippen LogP contribution in [0.4, 0.5) is 0 Å². The Balaban J connectivity index is 2.41. The fraction of sp³-hybridized carbons (Fsp3) is 0.786. The molecular weight excluding hydrogens is 198 g/mol. The van der Waals surface area contributed by atoms with Crippen molar-refractivity contribution in [2.24, 2.45) is 0 Å². The van der Waals surface area contributed by atoms with E-state index in [4.69, 9.17) is 4.52 Å². The van der Waals surface area contributed by atoms with Gasteiger partial charge in [0.1, 0.15) is 5.76 Å². The number of aryl methyl sites for hydroxylation is 1. The van der Waals surface area contributed by atoms with E-state index >= 15 is 0 Å². The second-order valence-electron chi connectivity index (χ2n) is 4.71. The zero-order chi connectivity index (χ0) is 11.8. The highest BCUT2D eigenvalue weighted by Gasteiger charge is 2.14. The van der Waals surface area contributed by atoms with E-state index in [9.17, 15) is 0 Å². The molecule has 1 heterocycles. The molecule has 92 valence electrons. The molecule has 0 bridgehead atoms. The van der Waals surface area contributed by atoms with E-state index in [2.05, 4.69) is 25.1 Å². The van der Waals surface area contributed by atoms with E-state index in [1.54, 1.807) is 0 Å². The first-order chi connectivity index (χ1) is 7.77. The van der Waals surface area contributed by atoms with Gasteiger partial charge in [0.15, 0.2) is 0 Å². The van der Waals surface area contributed by atoms with E-state index in [-0.39, 0.29) is 0 Å². The van der Waals surface area contributed by atoms with Gasteiger partial charge in [-0.25, -0.2) is 0 Å². The largest absolute Gasteiger partial charge is 0.361 e. The van der Waals surface area contributed by atoms with Crippen LogP contribution in [0.2, 0.25) is 0 Å². The van der Waals surface area contributed by atoms with Crippen LogP contribution in [0.15, 0.2) is 10.6 Å². The molecule has 1 rings (SSSR count). The maximum absolute atomic E-state index is 5.39. The fourth-order valence-electron chi connectivity index (χ4n) is 2.17. The van der Waals surface area contributed by atoms with Gasteiger partial charge < -0.3 is 4.52 Å². The van der Waals surface area contributed by atoms with Crippen LogP contribution in [0.5, 0.6) is 0 Å². The van der Waals surface area contributed by atoms with Crippen molar-refractivity contribution in [2.45, 2.75) is 71.6 Å².